The number of nitrogens with one attached hydrogen (secondary N) is 2. The van der Waals surface area contributed by atoms with Crippen LogP contribution in [0.3, 0.4) is 0 Å². The molecule has 3 N–H and O–H groups in total. The lowest BCUT2D eigenvalue weighted by atomic mass is 10.1. The fraction of sp³-hybridized carbons (Fsp3) is 0.417. The van der Waals surface area contributed by atoms with E-state index in [1.165, 1.54) is 0 Å². The second-order valence-electron chi connectivity index (χ2n) is 4.06. The molecule has 1 saturated heterocycles. The molecule has 0 aliphatic carbocycles. The van der Waals surface area contributed by atoms with Gasteiger partial charge in [-0.25, -0.2) is 0 Å². The van der Waals surface area contributed by atoms with Gasteiger partial charge in [0.15, 0.2) is 0 Å². The Hall–Kier alpha value is -1.39. The number of hydrogen-bond donors (Lipinski definition) is 3. The van der Waals surface area contributed by atoms with Gasteiger partial charge in [-0.3, -0.25) is 4.79 Å². The average Bonchev–Trinajstić information content (AvgIpc) is 2.73. The van der Waals surface area contributed by atoms with Gasteiger partial charge in [-0.15, -0.1) is 0 Å². The maximum atomic E-state index is 11.7. The van der Waals surface area contributed by atoms with Crippen molar-refractivity contribution in [2.45, 2.75) is 6.10 Å². The summed E-state index contributed by atoms with van der Waals surface area (Å²) in [6.45, 7) is 1.89. The summed E-state index contributed by atoms with van der Waals surface area (Å²) < 4.78 is 0. The molecule has 2 rings (SSSR count). The molecule has 1 aromatic rings. The van der Waals surface area contributed by atoms with Crippen LogP contribution in [0, 0.1) is 5.92 Å². The van der Waals surface area contributed by atoms with E-state index in [0.717, 1.165) is 6.54 Å². The standard InChI is InChI=1S/C12H16N2O2/c15-11-8-13-6-10(11)7-14-12(16)9-4-2-1-3-5-9/h1-5,10-11,13,15H,6-8H2,(H,14,16). The van der Waals surface area contributed by atoms with Crippen LogP contribution in [0.15, 0.2) is 30.3 Å². The first kappa shape index (κ1) is 11.1. The Morgan fingerprint density at radius 3 is 2.75 bits per heavy atom. The molecule has 16 heavy (non-hydrogen) atoms. The van der Waals surface area contributed by atoms with Gasteiger partial charge >= 0.3 is 0 Å². The van der Waals surface area contributed by atoms with E-state index in [1.807, 2.05) is 18.2 Å². The number of β-amino-alcohol motifs (C(OH)–C–C–N with tert-alkyl or cyclic N) is 1. The molecule has 0 bridgehead atoms. The Kier molecular flexibility index (Phi) is 3.54. The molecule has 4 nitrogen and oxygen atoms in total. The van der Waals surface area contributed by atoms with Crippen LogP contribution >= 0.6 is 0 Å². The molecule has 2 atom stereocenters. The second kappa shape index (κ2) is 5.09. The largest absolute Gasteiger partial charge is 0.391 e. The lowest BCUT2D eigenvalue weighted by Crippen LogP contribution is -2.34. The van der Waals surface area contributed by atoms with Crippen LogP contribution in [-0.4, -0.2) is 36.8 Å². The maximum Gasteiger partial charge on any atom is 0.251 e. The van der Waals surface area contributed by atoms with Gasteiger partial charge in [-0.05, 0) is 12.1 Å². The molecule has 0 radical (unpaired) electrons. The van der Waals surface area contributed by atoms with Gasteiger partial charge in [-0.1, -0.05) is 18.2 Å². The zero-order chi connectivity index (χ0) is 11.4. The normalized spacial score (nSPS) is 24.3. The number of aliphatic hydroxyl groups is 1. The van der Waals surface area contributed by atoms with Crippen molar-refractivity contribution in [3.63, 3.8) is 0 Å². The molecule has 1 fully saturated rings. The number of benzene rings is 1. The highest BCUT2D eigenvalue weighted by Gasteiger charge is 2.24. The predicted molar refractivity (Wildman–Crippen MR) is 61.1 cm³/mol. The minimum atomic E-state index is -0.351. The number of carbonyl (C=O) groups is 1. The Morgan fingerprint density at radius 1 is 1.38 bits per heavy atom. The molecular formula is C12H16N2O2. The molecule has 1 aliphatic rings. The zero-order valence-electron chi connectivity index (χ0n) is 9.02. The van der Waals surface area contributed by atoms with Crippen LogP contribution in [0.2, 0.25) is 0 Å². The SMILES string of the molecule is O=C(NCC1CNCC1O)c1ccccc1. The van der Waals surface area contributed by atoms with Gasteiger partial charge in [0.2, 0.25) is 0 Å². The molecule has 0 spiro atoms. The third-order valence-electron chi connectivity index (χ3n) is 2.86. The topological polar surface area (TPSA) is 61.4 Å². The summed E-state index contributed by atoms with van der Waals surface area (Å²) in [5.41, 5.74) is 0.656. The molecule has 0 saturated carbocycles. The summed E-state index contributed by atoms with van der Waals surface area (Å²) in [7, 11) is 0. The van der Waals surface area contributed by atoms with Crippen molar-refractivity contribution in [3.8, 4) is 0 Å². The van der Waals surface area contributed by atoms with Crippen LogP contribution in [0.25, 0.3) is 0 Å². The summed E-state index contributed by atoms with van der Waals surface area (Å²) >= 11 is 0. The fourth-order valence-electron chi connectivity index (χ4n) is 1.84. The van der Waals surface area contributed by atoms with Gasteiger partial charge < -0.3 is 15.7 Å². The van der Waals surface area contributed by atoms with Crippen LogP contribution in [0.5, 0.6) is 0 Å². The number of hydrogen-bond acceptors (Lipinski definition) is 3. The Bertz CT molecular complexity index is 353. The van der Waals surface area contributed by atoms with Crippen molar-refractivity contribution in [2.24, 2.45) is 5.92 Å². The van der Waals surface area contributed by atoms with Crippen molar-refractivity contribution in [2.75, 3.05) is 19.6 Å². The highest BCUT2D eigenvalue weighted by Crippen LogP contribution is 2.07. The highest BCUT2D eigenvalue weighted by atomic mass is 16.3. The highest BCUT2D eigenvalue weighted by molar-refractivity contribution is 5.94. The van der Waals surface area contributed by atoms with Crippen molar-refractivity contribution >= 4 is 5.91 Å². The quantitative estimate of drug-likeness (QED) is 0.672. The van der Waals surface area contributed by atoms with Crippen LogP contribution in [0.4, 0.5) is 0 Å². The van der Waals surface area contributed by atoms with E-state index in [-0.39, 0.29) is 17.9 Å². The Balaban J connectivity index is 1.84. The predicted octanol–water partition coefficient (Wildman–Crippen LogP) is -0.00330. The van der Waals surface area contributed by atoms with Gasteiger partial charge in [0.25, 0.3) is 5.91 Å². The smallest absolute Gasteiger partial charge is 0.251 e. The van der Waals surface area contributed by atoms with E-state index in [1.54, 1.807) is 12.1 Å². The van der Waals surface area contributed by atoms with Crippen LogP contribution < -0.4 is 10.6 Å². The molecule has 1 aromatic carbocycles. The fourth-order valence-corrected chi connectivity index (χ4v) is 1.84. The van der Waals surface area contributed by atoms with E-state index in [0.29, 0.717) is 18.7 Å². The van der Waals surface area contributed by atoms with E-state index < -0.39 is 0 Å². The first-order valence-electron chi connectivity index (χ1n) is 5.49. The van der Waals surface area contributed by atoms with Gasteiger partial charge in [0.1, 0.15) is 0 Å². The third kappa shape index (κ3) is 2.59. The lowest BCUT2D eigenvalue weighted by molar-refractivity contribution is 0.0927. The number of carbonyl (C=O) groups excluding carboxylic acids is 1. The van der Waals surface area contributed by atoms with Gasteiger partial charge in [-0.2, -0.15) is 0 Å². The monoisotopic (exact) mass is 220 g/mol. The molecule has 4 heteroatoms. The molecule has 2 unspecified atom stereocenters. The minimum absolute atomic E-state index is 0.0836. The molecule has 0 aromatic heterocycles. The first-order chi connectivity index (χ1) is 7.77. The molecular weight excluding hydrogens is 204 g/mol. The van der Waals surface area contributed by atoms with Crippen LogP contribution in [-0.2, 0) is 0 Å². The zero-order valence-corrected chi connectivity index (χ0v) is 9.02. The number of aliphatic hydroxyl groups excluding tert-OH is 1. The van der Waals surface area contributed by atoms with E-state index in [2.05, 4.69) is 10.6 Å². The van der Waals surface area contributed by atoms with Gasteiger partial charge in [0, 0.05) is 31.1 Å². The first-order valence-corrected chi connectivity index (χ1v) is 5.49. The van der Waals surface area contributed by atoms with Crippen molar-refractivity contribution in [1.29, 1.82) is 0 Å². The summed E-state index contributed by atoms with van der Waals surface area (Å²) in [6.07, 6.45) is -0.351. The summed E-state index contributed by atoms with van der Waals surface area (Å²) in [5, 5.41) is 15.5. The number of amides is 1. The van der Waals surface area contributed by atoms with Crippen molar-refractivity contribution in [1.82, 2.24) is 10.6 Å². The third-order valence-corrected chi connectivity index (χ3v) is 2.86. The maximum absolute atomic E-state index is 11.7. The molecule has 1 amide bonds. The lowest BCUT2D eigenvalue weighted by Gasteiger charge is -2.13. The Labute approximate surface area is 94.7 Å². The Morgan fingerprint density at radius 2 is 2.12 bits per heavy atom. The van der Waals surface area contributed by atoms with E-state index >= 15 is 0 Å². The summed E-state index contributed by atoms with van der Waals surface area (Å²) in [4.78, 5) is 11.7. The molecule has 1 heterocycles. The minimum Gasteiger partial charge on any atom is -0.391 e. The van der Waals surface area contributed by atoms with Gasteiger partial charge in [0.05, 0.1) is 6.10 Å². The summed E-state index contributed by atoms with van der Waals surface area (Å²) in [6, 6.07) is 9.10. The number of rotatable bonds is 3. The molecule has 86 valence electrons. The van der Waals surface area contributed by atoms with Crippen LogP contribution in [0.1, 0.15) is 10.4 Å². The van der Waals surface area contributed by atoms with E-state index in [9.17, 15) is 9.90 Å². The van der Waals surface area contributed by atoms with Crippen molar-refractivity contribution in [3.05, 3.63) is 35.9 Å². The van der Waals surface area contributed by atoms with E-state index in [4.69, 9.17) is 0 Å². The summed E-state index contributed by atoms with van der Waals surface area (Å²) in [5.74, 6) is 0.0346. The average molecular weight is 220 g/mol. The molecule has 1 aliphatic heterocycles. The van der Waals surface area contributed by atoms with Crippen molar-refractivity contribution < 1.29 is 9.90 Å². The second-order valence-corrected chi connectivity index (χ2v) is 4.06.